The number of aromatic hydroxyl groups is 1. The average molecular weight is 242 g/mol. The van der Waals surface area contributed by atoms with Gasteiger partial charge in [0.05, 0.1) is 0 Å². The average Bonchev–Trinajstić information content (AvgIpc) is 2.99. The lowest BCUT2D eigenvalue weighted by molar-refractivity contribution is 0.198. The molecule has 1 aliphatic rings. The van der Waals surface area contributed by atoms with Crippen molar-refractivity contribution in [3.8, 4) is 16.9 Å². The van der Waals surface area contributed by atoms with Crippen molar-refractivity contribution in [1.82, 2.24) is 0 Å². The molecule has 2 aromatic rings. The van der Waals surface area contributed by atoms with Gasteiger partial charge in [-0.25, -0.2) is 0 Å². The molecular weight excluding hydrogens is 224 g/mol. The number of phenolic OH excluding ortho intramolecular Hbond substituents is 1. The quantitative estimate of drug-likeness (QED) is 0.823. The van der Waals surface area contributed by atoms with E-state index in [2.05, 4.69) is 0 Å². The van der Waals surface area contributed by atoms with Crippen molar-refractivity contribution in [3.05, 3.63) is 54.6 Å². The first-order valence-electron chi connectivity index (χ1n) is 6.29. The lowest BCUT2D eigenvalue weighted by Crippen LogP contribution is -1.76. The van der Waals surface area contributed by atoms with Crippen LogP contribution in [0.15, 0.2) is 54.6 Å². The number of ether oxygens (including phenoxy) is 1. The zero-order valence-corrected chi connectivity index (χ0v) is 10.4. The van der Waals surface area contributed by atoms with Gasteiger partial charge in [0.1, 0.15) is 5.75 Å². The van der Waals surface area contributed by atoms with Crippen molar-refractivity contribution in [1.29, 1.82) is 0 Å². The van der Waals surface area contributed by atoms with Crippen molar-refractivity contribution in [2.75, 3.05) is 13.2 Å². The summed E-state index contributed by atoms with van der Waals surface area (Å²) in [5.41, 5.74) is 1.92. The van der Waals surface area contributed by atoms with E-state index in [1.54, 1.807) is 6.07 Å². The van der Waals surface area contributed by atoms with Gasteiger partial charge in [0.25, 0.3) is 0 Å². The summed E-state index contributed by atoms with van der Waals surface area (Å²) in [6, 6.07) is 17.2. The first kappa shape index (κ1) is 12.7. The van der Waals surface area contributed by atoms with Crippen LogP contribution < -0.4 is 0 Å². The minimum Gasteiger partial charge on any atom is -0.507 e. The van der Waals surface area contributed by atoms with E-state index in [-0.39, 0.29) is 0 Å². The molecule has 0 aromatic heterocycles. The van der Waals surface area contributed by atoms with Crippen LogP contribution in [0.25, 0.3) is 11.1 Å². The lowest BCUT2D eigenvalue weighted by Gasteiger charge is -2.02. The SMILES string of the molecule is C1CCOC1.Oc1ccccc1-c1ccccc1. The Balaban J connectivity index is 0.000000202. The van der Waals surface area contributed by atoms with Crippen LogP contribution >= 0.6 is 0 Å². The van der Waals surface area contributed by atoms with Gasteiger partial charge in [-0.05, 0) is 24.5 Å². The van der Waals surface area contributed by atoms with E-state index in [1.165, 1.54) is 12.8 Å². The summed E-state index contributed by atoms with van der Waals surface area (Å²) in [7, 11) is 0. The zero-order valence-electron chi connectivity index (χ0n) is 10.4. The summed E-state index contributed by atoms with van der Waals surface area (Å²) in [4.78, 5) is 0. The van der Waals surface area contributed by atoms with Crippen LogP contribution in [0.5, 0.6) is 5.75 Å². The molecule has 0 bridgehead atoms. The summed E-state index contributed by atoms with van der Waals surface area (Å²) in [6.45, 7) is 2.00. The molecule has 3 rings (SSSR count). The summed E-state index contributed by atoms with van der Waals surface area (Å²) in [5, 5.41) is 9.56. The minimum absolute atomic E-state index is 0.328. The standard InChI is InChI=1S/C12H10O.C4H8O/c13-12-9-5-4-8-11(12)10-6-2-1-3-7-10;1-2-4-5-3-1/h1-9,13H;1-4H2. The highest BCUT2D eigenvalue weighted by molar-refractivity contribution is 5.69. The second-order valence-corrected chi connectivity index (χ2v) is 4.20. The number of hydrogen-bond acceptors (Lipinski definition) is 2. The van der Waals surface area contributed by atoms with Gasteiger partial charge in [-0.2, -0.15) is 0 Å². The molecule has 0 unspecified atom stereocenters. The van der Waals surface area contributed by atoms with Crippen molar-refractivity contribution < 1.29 is 9.84 Å². The third kappa shape index (κ3) is 3.60. The molecule has 1 fully saturated rings. The Morgan fingerprint density at radius 3 is 1.94 bits per heavy atom. The van der Waals surface area contributed by atoms with Crippen LogP contribution in [0.2, 0.25) is 0 Å². The predicted octanol–water partition coefficient (Wildman–Crippen LogP) is 3.86. The molecule has 0 radical (unpaired) electrons. The molecule has 1 saturated heterocycles. The predicted molar refractivity (Wildman–Crippen MR) is 73.6 cm³/mol. The summed E-state index contributed by atoms with van der Waals surface area (Å²) in [6.07, 6.45) is 2.56. The minimum atomic E-state index is 0.328. The molecule has 2 heteroatoms. The Kier molecular flexibility index (Phi) is 4.79. The number of hydrogen-bond donors (Lipinski definition) is 1. The van der Waals surface area contributed by atoms with Crippen LogP contribution in [0.4, 0.5) is 0 Å². The maximum atomic E-state index is 9.56. The third-order valence-electron chi connectivity index (χ3n) is 2.82. The molecule has 0 saturated carbocycles. The van der Waals surface area contributed by atoms with Crippen LogP contribution in [0.3, 0.4) is 0 Å². The third-order valence-corrected chi connectivity index (χ3v) is 2.82. The molecule has 2 aromatic carbocycles. The smallest absolute Gasteiger partial charge is 0.123 e. The molecule has 2 nitrogen and oxygen atoms in total. The normalized spacial score (nSPS) is 13.8. The van der Waals surface area contributed by atoms with Gasteiger partial charge in [0, 0.05) is 18.8 Å². The molecular formula is C16H18O2. The Hall–Kier alpha value is -1.80. The van der Waals surface area contributed by atoms with Gasteiger partial charge in [0.2, 0.25) is 0 Å². The van der Waals surface area contributed by atoms with E-state index < -0.39 is 0 Å². The van der Waals surface area contributed by atoms with E-state index in [1.807, 2.05) is 48.5 Å². The highest BCUT2D eigenvalue weighted by Gasteiger charge is 2.00. The van der Waals surface area contributed by atoms with E-state index in [9.17, 15) is 5.11 Å². The molecule has 0 spiro atoms. The molecule has 0 amide bonds. The summed E-state index contributed by atoms with van der Waals surface area (Å²) in [5.74, 6) is 0.328. The van der Waals surface area contributed by atoms with E-state index in [0.29, 0.717) is 5.75 Å². The molecule has 18 heavy (non-hydrogen) atoms. The topological polar surface area (TPSA) is 29.5 Å². The Morgan fingerprint density at radius 1 is 0.778 bits per heavy atom. The number of benzene rings is 2. The first-order valence-corrected chi connectivity index (χ1v) is 6.29. The van der Waals surface area contributed by atoms with Gasteiger partial charge in [-0.15, -0.1) is 0 Å². The highest BCUT2D eigenvalue weighted by Crippen LogP contribution is 2.27. The molecule has 0 atom stereocenters. The summed E-state index contributed by atoms with van der Waals surface area (Å²) < 4.78 is 4.94. The molecule has 1 N–H and O–H groups in total. The van der Waals surface area contributed by atoms with Crippen LogP contribution in [-0.4, -0.2) is 18.3 Å². The second kappa shape index (κ2) is 6.82. The fourth-order valence-electron chi connectivity index (χ4n) is 1.85. The Bertz CT molecular complexity index is 454. The Morgan fingerprint density at radius 2 is 1.39 bits per heavy atom. The van der Waals surface area contributed by atoms with Crippen LogP contribution in [-0.2, 0) is 4.74 Å². The van der Waals surface area contributed by atoms with Crippen molar-refractivity contribution >= 4 is 0 Å². The van der Waals surface area contributed by atoms with Crippen molar-refractivity contribution in [2.45, 2.75) is 12.8 Å². The van der Waals surface area contributed by atoms with E-state index in [4.69, 9.17) is 4.74 Å². The van der Waals surface area contributed by atoms with Gasteiger partial charge < -0.3 is 9.84 Å². The molecule has 1 aliphatic heterocycles. The first-order chi connectivity index (χ1) is 8.88. The fourth-order valence-corrected chi connectivity index (χ4v) is 1.85. The van der Waals surface area contributed by atoms with Crippen molar-refractivity contribution in [2.24, 2.45) is 0 Å². The van der Waals surface area contributed by atoms with Gasteiger partial charge in [-0.3, -0.25) is 0 Å². The monoisotopic (exact) mass is 242 g/mol. The second-order valence-electron chi connectivity index (χ2n) is 4.20. The number of para-hydroxylation sites is 1. The number of rotatable bonds is 1. The Labute approximate surface area is 108 Å². The molecule has 94 valence electrons. The zero-order chi connectivity index (χ0) is 12.6. The van der Waals surface area contributed by atoms with Crippen LogP contribution in [0, 0.1) is 0 Å². The molecule has 0 aliphatic carbocycles. The van der Waals surface area contributed by atoms with E-state index >= 15 is 0 Å². The van der Waals surface area contributed by atoms with E-state index in [0.717, 1.165) is 24.3 Å². The van der Waals surface area contributed by atoms with Crippen LogP contribution in [0.1, 0.15) is 12.8 Å². The maximum Gasteiger partial charge on any atom is 0.123 e. The van der Waals surface area contributed by atoms with Crippen molar-refractivity contribution in [3.63, 3.8) is 0 Å². The van der Waals surface area contributed by atoms with Gasteiger partial charge >= 0.3 is 0 Å². The van der Waals surface area contributed by atoms with Gasteiger partial charge in [0.15, 0.2) is 0 Å². The maximum absolute atomic E-state index is 9.56. The lowest BCUT2D eigenvalue weighted by atomic mass is 10.1. The fraction of sp³-hybridized carbons (Fsp3) is 0.250. The summed E-state index contributed by atoms with van der Waals surface area (Å²) >= 11 is 0. The highest BCUT2D eigenvalue weighted by atomic mass is 16.5. The number of phenols is 1. The largest absolute Gasteiger partial charge is 0.507 e. The van der Waals surface area contributed by atoms with Gasteiger partial charge in [-0.1, -0.05) is 48.5 Å². The molecule has 1 heterocycles.